The van der Waals surface area contributed by atoms with Gasteiger partial charge in [0.1, 0.15) is 18.7 Å². The Morgan fingerprint density at radius 1 is 0.960 bits per heavy atom. The Labute approximate surface area is 150 Å². The van der Waals surface area contributed by atoms with Gasteiger partial charge in [0.25, 0.3) is 0 Å². The monoisotopic (exact) mass is 354 g/mol. The van der Waals surface area contributed by atoms with Gasteiger partial charge in [-0.15, -0.1) is 13.2 Å². The van der Waals surface area contributed by atoms with E-state index in [4.69, 9.17) is 4.74 Å². The molecule has 0 N–H and O–H groups in total. The lowest BCUT2D eigenvalue weighted by Crippen LogP contribution is -2.46. The molecule has 0 heterocycles. The fourth-order valence-corrected chi connectivity index (χ4v) is 1.83. The molecule has 0 bridgehead atoms. The minimum Gasteiger partial charge on any atom is -0.468 e. The summed E-state index contributed by atoms with van der Waals surface area (Å²) in [4.78, 5) is 39.0. The predicted molar refractivity (Wildman–Crippen MR) is 96.0 cm³/mol. The van der Waals surface area contributed by atoms with Gasteiger partial charge < -0.3 is 14.4 Å². The first-order valence-corrected chi connectivity index (χ1v) is 8.19. The molecule has 7 heteroatoms. The van der Waals surface area contributed by atoms with Crippen molar-refractivity contribution in [2.75, 3.05) is 33.3 Å². The van der Waals surface area contributed by atoms with E-state index in [0.717, 1.165) is 0 Å². The molecule has 0 aliphatic rings. The van der Waals surface area contributed by atoms with Crippen molar-refractivity contribution >= 4 is 18.0 Å². The van der Waals surface area contributed by atoms with Crippen LogP contribution in [0.15, 0.2) is 25.3 Å². The topological polar surface area (TPSA) is 76.2 Å². The molecule has 0 saturated heterocycles. The Bertz CT molecular complexity index is 482. The predicted octanol–water partition coefficient (Wildman–Crippen LogP) is 2.38. The lowest BCUT2D eigenvalue weighted by Gasteiger charge is -2.29. The minimum atomic E-state index is -0.666. The number of hydrogen-bond donors (Lipinski definition) is 0. The van der Waals surface area contributed by atoms with Gasteiger partial charge >= 0.3 is 12.1 Å². The zero-order valence-corrected chi connectivity index (χ0v) is 15.7. The molecule has 25 heavy (non-hydrogen) atoms. The Balaban J connectivity index is 5.08. The molecule has 0 aromatic heterocycles. The van der Waals surface area contributed by atoms with Crippen LogP contribution in [0.25, 0.3) is 0 Å². The summed E-state index contributed by atoms with van der Waals surface area (Å²) in [6.45, 7) is 12.8. The van der Waals surface area contributed by atoms with Crippen molar-refractivity contribution in [3.05, 3.63) is 25.3 Å². The summed E-state index contributed by atoms with van der Waals surface area (Å²) in [6, 6.07) is 0. The first-order chi connectivity index (χ1) is 11.6. The fourth-order valence-electron chi connectivity index (χ4n) is 1.83. The van der Waals surface area contributed by atoms with Gasteiger partial charge in [0.05, 0.1) is 7.11 Å². The zero-order valence-electron chi connectivity index (χ0n) is 15.7. The molecular formula is C18H30N2O5. The third-order valence-corrected chi connectivity index (χ3v) is 3.08. The van der Waals surface area contributed by atoms with Crippen LogP contribution < -0.4 is 0 Å². The van der Waals surface area contributed by atoms with E-state index in [1.165, 1.54) is 16.9 Å². The SMILES string of the molecule is C=CCCN(CC(=O)OC)C(=O)CN(CCC=C)C(=O)OC(C)(C)C. The number of carbonyl (C=O) groups is 3. The van der Waals surface area contributed by atoms with Crippen LogP contribution in [0.5, 0.6) is 0 Å². The molecule has 0 fully saturated rings. The van der Waals surface area contributed by atoms with Crippen molar-refractivity contribution in [2.45, 2.75) is 39.2 Å². The number of amides is 2. The second-order valence-corrected chi connectivity index (χ2v) is 6.45. The highest BCUT2D eigenvalue weighted by atomic mass is 16.6. The van der Waals surface area contributed by atoms with Crippen LogP contribution in [0.4, 0.5) is 4.79 Å². The molecule has 2 amide bonds. The molecule has 0 aliphatic heterocycles. The third kappa shape index (κ3) is 10.2. The Morgan fingerprint density at radius 2 is 1.48 bits per heavy atom. The maximum Gasteiger partial charge on any atom is 0.410 e. The van der Waals surface area contributed by atoms with E-state index in [1.54, 1.807) is 32.9 Å². The van der Waals surface area contributed by atoms with E-state index in [-0.39, 0.29) is 19.0 Å². The largest absolute Gasteiger partial charge is 0.468 e. The Kier molecular flexibility index (Phi) is 10.2. The number of ether oxygens (including phenoxy) is 2. The van der Waals surface area contributed by atoms with Gasteiger partial charge in [-0.2, -0.15) is 0 Å². The smallest absolute Gasteiger partial charge is 0.410 e. The standard InChI is InChI=1S/C18H30N2O5/c1-7-9-11-19(14-16(22)24-6)15(21)13-20(12-10-8-2)17(23)25-18(3,4)5/h7-8H,1-2,9-14H2,3-6H3. The minimum absolute atomic E-state index is 0.174. The van der Waals surface area contributed by atoms with E-state index in [9.17, 15) is 14.4 Å². The van der Waals surface area contributed by atoms with Crippen molar-refractivity contribution in [2.24, 2.45) is 0 Å². The number of hydrogen-bond acceptors (Lipinski definition) is 5. The van der Waals surface area contributed by atoms with E-state index >= 15 is 0 Å². The molecule has 0 aromatic rings. The first kappa shape index (κ1) is 22.7. The van der Waals surface area contributed by atoms with Crippen molar-refractivity contribution in [1.82, 2.24) is 9.80 Å². The highest BCUT2D eigenvalue weighted by Crippen LogP contribution is 2.11. The summed E-state index contributed by atoms with van der Waals surface area (Å²) in [5.41, 5.74) is -0.666. The molecule has 0 unspecified atom stereocenters. The Morgan fingerprint density at radius 3 is 1.92 bits per heavy atom. The number of nitrogens with zero attached hydrogens (tertiary/aromatic N) is 2. The van der Waals surface area contributed by atoms with Gasteiger partial charge in [-0.05, 0) is 33.6 Å². The van der Waals surface area contributed by atoms with Gasteiger partial charge in [0, 0.05) is 13.1 Å². The molecule has 0 aliphatic carbocycles. The summed E-state index contributed by atoms with van der Waals surface area (Å²) < 4.78 is 9.95. The number of rotatable bonds is 10. The summed E-state index contributed by atoms with van der Waals surface area (Å²) in [5.74, 6) is -0.880. The second kappa shape index (κ2) is 11.3. The number of methoxy groups -OCH3 is 1. The Hall–Kier alpha value is -2.31. The van der Waals surface area contributed by atoms with Crippen LogP contribution in [-0.2, 0) is 19.1 Å². The lowest BCUT2D eigenvalue weighted by atomic mass is 10.2. The highest BCUT2D eigenvalue weighted by Gasteiger charge is 2.26. The van der Waals surface area contributed by atoms with Gasteiger partial charge in [-0.1, -0.05) is 12.2 Å². The maximum absolute atomic E-state index is 12.6. The molecular weight excluding hydrogens is 324 g/mol. The summed E-state index contributed by atoms with van der Waals surface area (Å²) in [5, 5.41) is 0. The molecule has 0 aromatic carbocycles. The van der Waals surface area contributed by atoms with Crippen molar-refractivity contribution in [1.29, 1.82) is 0 Å². The average Bonchev–Trinajstić information content (AvgIpc) is 2.52. The third-order valence-electron chi connectivity index (χ3n) is 3.08. The van der Waals surface area contributed by atoms with E-state index in [2.05, 4.69) is 17.9 Å². The number of esters is 1. The quantitative estimate of drug-likeness (QED) is 0.445. The van der Waals surface area contributed by atoms with E-state index in [1.807, 2.05) is 0 Å². The van der Waals surface area contributed by atoms with Crippen LogP contribution in [-0.4, -0.2) is 66.7 Å². The van der Waals surface area contributed by atoms with Gasteiger partial charge in [0.2, 0.25) is 5.91 Å². The van der Waals surface area contributed by atoms with Crippen molar-refractivity contribution < 1.29 is 23.9 Å². The van der Waals surface area contributed by atoms with Crippen LogP contribution in [0, 0.1) is 0 Å². The van der Waals surface area contributed by atoms with Gasteiger partial charge in [-0.25, -0.2) is 4.79 Å². The molecule has 142 valence electrons. The van der Waals surface area contributed by atoms with Crippen molar-refractivity contribution in [3.8, 4) is 0 Å². The summed E-state index contributed by atoms with van der Waals surface area (Å²) >= 11 is 0. The van der Waals surface area contributed by atoms with Crippen molar-refractivity contribution in [3.63, 3.8) is 0 Å². The molecule has 0 saturated carbocycles. The molecule has 0 spiro atoms. The molecule has 0 atom stereocenters. The maximum atomic E-state index is 12.6. The van der Waals surface area contributed by atoms with Gasteiger partial charge in [-0.3, -0.25) is 14.5 Å². The lowest BCUT2D eigenvalue weighted by molar-refractivity contribution is -0.147. The average molecular weight is 354 g/mol. The van der Waals surface area contributed by atoms with Gasteiger partial charge in [0.15, 0.2) is 0 Å². The van der Waals surface area contributed by atoms with Crippen LogP contribution in [0.3, 0.4) is 0 Å². The van der Waals surface area contributed by atoms with E-state index < -0.39 is 17.7 Å². The summed E-state index contributed by atoms with van der Waals surface area (Å²) in [7, 11) is 1.26. The zero-order chi connectivity index (χ0) is 19.5. The van der Waals surface area contributed by atoms with Crippen LogP contribution in [0.1, 0.15) is 33.6 Å². The molecule has 0 radical (unpaired) electrons. The normalized spacial score (nSPS) is 10.6. The van der Waals surface area contributed by atoms with Crippen LogP contribution >= 0.6 is 0 Å². The summed E-state index contributed by atoms with van der Waals surface area (Å²) in [6.07, 6.45) is 3.79. The first-order valence-electron chi connectivity index (χ1n) is 8.19. The highest BCUT2D eigenvalue weighted by molar-refractivity contribution is 5.85. The molecule has 7 nitrogen and oxygen atoms in total. The second-order valence-electron chi connectivity index (χ2n) is 6.45. The number of carbonyl (C=O) groups excluding carboxylic acids is 3. The van der Waals surface area contributed by atoms with Crippen LogP contribution in [0.2, 0.25) is 0 Å². The van der Waals surface area contributed by atoms with E-state index in [0.29, 0.717) is 25.9 Å². The fraction of sp³-hybridized carbons (Fsp3) is 0.611. The molecule has 0 rings (SSSR count).